The molecule has 0 saturated carbocycles. The molecular weight excluding hydrogens is 446 g/mol. The van der Waals surface area contributed by atoms with Crippen LogP contribution >= 0.6 is 11.8 Å². The molecule has 0 aliphatic heterocycles. The highest BCUT2D eigenvalue weighted by Gasteiger charge is 2.18. The van der Waals surface area contributed by atoms with Crippen molar-refractivity contribution in [2.45, 2.75) is 17.1 Å². The molecule has 0 aromatic heterocycles. The highest BCUT2D eigenvalue weighted by molar-refractivity contribution is 8.00. The average molecular weight is 465 g/mol. The van der Waals surface area contributed by atoms with Gasteiger partial charge in [-0.1, -0.05) is 18.2 Å². The zero-order chi connectivity index (χ0) is 24.0. The lowest BCUT2D eigenvalue weighted by molar-refractivity contribution is -0.384. The molecule has 0 aliphatic rings. The predicted molar refractivity (Wildman–Crippen MR) is 125 cm³/mol. The maximum atomic E-state index is 12.6. The third kappa shape index (κ3) is 6.17. The molecule has 1 atom stereocenters. The van der Waals surface area contributed by atoms with Gasteiger partial charge in [0.15, 0.2) is 0 Å². The van der Waals surface area contributed by atoms with E-state index in [1.807, 2.05) is 0 Å². The first-order valence-corrected chi connectivity index (χ1v) is 10.6. The van der Waals surface area contributed by atoms with E-state index in [2.05, 4.69) is 10.6 Å². The monoisotopic (exact) mass is 465 g/mol. The van der Waals surface area contributed by atoms with Crippen LogP contribution in [0, 0.1) is 10.1 Å². The van der Waals surface area contributed by atoms with Crippen LogP contribution < -0.4 is 10.6 Å². The van der Waals surface area contributed by atoms with Gasteiger partial charge in [-0.3, -0.25) is 19.7 Å². The molecule has 0 aliphatic carbocycles. The average Bonchev–Trinajstić information content (AvgIpc) is 2.79. The number of nitrogens with zero attached hydrogens (tertiary/aromatic N) is 1. The second kappa shape index (κ2) is 10.4. The second-order valence-electron chi connectivity index (χ2n) is 6.89. The van der Waals surface area contributed by atoms with Gasteiger partial charge in [0.1, 0.15) is 0 Å². The van der Waals surface area contributed by atoms with Crippen molar-refractivity contribution in [1.29, 1.82) is 0 Å². The summed E-state index contributed by atoms with van der Waals surface area (Å²) in [6, 6.07) is 18.3. The van der Waals surface area contributed by atoms with Gasteiger partial charge in [-0.05, 0) is 49.4 Å². The zero-order valence-electron chi connectivity index (χ0n) is 17.3. The van der Waals surface area contributed by atoms with Gasteiger partial charge < -0.3 is 15.7 Å². The molecule has 9 nitrogen and oxygen atoms in total. The number of carboxylic acid groups (broad SMARTS) is 1. The summed E-state index contributed by atoms with van der Waals surface area (Å²) in [5.41, 5.74) is 0.764. The highest BCUT2D eigenvalue weighted by Crippen LogP contribution is 2.27. The van der Waals surface area contributed by atoms with Gasteiger partial charge in [-0.2, -0.15) is 0 Å². The first kappa shape index (κ1) is 23.5. The number of carbonyl (C=O) groups excluding carboxylic acids is 2. The lowest BCUT2D eigenvalue weighted by atomic mass is 10.1. The quantitative estimate of drug-likeness (QED) is 0.250. The van der Waals surface area contributed by atoms with Gasteiger partial charge in [-0.15, -0.1) is 11.8 Å². The molecule has 0 saturated heterocycles. The Morgan fingerprint density at radius 3 is 2.21 bits per heavy atom. The number of carbonyl (C=O) groups is 3. The van der Waals surface area contributed by atoms with Crippen molar-refractivity contribution in [3.8, 4) is 0 Å². The van der Waals surface area contributed by atoms with Crippen molar-refractivity contribution in [3.63, 3.8) is 0 Å². The smallest absolute Gasteiger partial charge is 0.336 e. The summed E-state index contributed by atoms with van der Waals surface area (Å²) >= 11 is 1.26. The van der Waals surface area contributed by atoms with E-state index in [0.29, 0.717) is 16.3 Å². The maximum absolute atomic E-state index is 12.6. The van der Waals surface area contributed by atoms with Gasteiger partial charge in [0.05, 0.1) is 21.3 Å². The fraction of sp³-hybridized carbons (Fsp3) is 0.0870. The Hall–Kier alpha value is -4.18. The Morgan fingerprint density at radius 1 is 0.909 bits per heavy atom. The van der Waals surface area contributed by atoms with Crippen LogP contribution in [0.1, 0.15) is 27.6 Å². The molecule has 1 unspecified atom stereocenters. The summed E-state index contributed by atoms with van der Waals surface area (Å²) in [5, 5.41) is 24.9. The first-order chi connectivity index (χ1) is 15.7. The molecule has 33 heavy (non-hydrogen) atoms. The van der Waals surface area contributed by atoms with Crippen molar-refractivity contribution >= 4 is 46.6 Å². The number of amides is 2. The van der Waals surface area contributed by atoms with E-state index >= 15 is 0 Å². The molecule has 3 aromatic carbocycles. The molecule has 0 fully saturated rings. The minimum atomic E-state index is -1.20. The molecule has 168 valence electrons. The number of hydrogen-bond donors (Lipinski definition) is 3. The number of carboxylic acids is 1. The van der Waals surface area contributed by atoms with Crippen LogP contribution in [0.15, 0.2) is 77.7 Å². The summed E-state index contributed by atoms with van der Waals surface area (Å²) in [5.74, 6) is -2.05. The third-order valence-electron chi connectivity index (χ3n) is 4.52. The van der Waals surface area contributed by atoms with Crippen LogP contribution in [-0.4, -0.2) is 33.1 Å². The molecule has 3 N–H and O–H groups in total. The number of hydrogen-bond acceptors (Lipinski definition) is 6. The minimum Gasteiger partial charge on any atom is -0.478 e. The predicted octanol–water partition coefficient (Wildman–Crippen LogP) is 4.66. The molecule has 3 rings (SSSR count). The van der Waals surface area contributed by atoms with E-state index < -0.39 is 22.0 Å². The summed E-state index contributed by atoms with van der Waals surface area (Å²) in [6.45, 7) is 1.71. The van der Waals surface area contributed by atoms with Crippen LogP contribution in [-0.2, 0) is 4.79 Å². The lowest BCUT2D eigenvalue weighted by Crippen LogP contribution is -2.22. The molecule has 2 amide bonds. The number of aromatic carboxylic acids is 1. The van der Waals surface area contributed by atoms with E-state index in [0.717, 1.165) is 0 Å². The van der Waals surface area contributed by atoms with E-state index in [-0.39, 0.29) is 22.7 Å². The summed E-state index contributed by atoms with van der Waals surface area (Å²) < 4.78 is 0. The fourth-order valence-corrected chi connectivity index (χ4v) is 3.81. The number of non-ortho nitro benzene ring substituents is 1. The number of benzene rings is 3. The van der Waals surface area contributed by atoms with Crippen molar-refractivity contribution < 1.29 is 24.4 Å². The van der Waals surface area contributed by atoms with E-state index in [1.54, 1.807) is 43.3 Å². The topological polar surface area (TPSA) is 139 Å². The Bertz CT molecular complexity index is 1210. The summed E-state index contributed by atoms with van der Waals surface area (Å²) in [4.78, 5) is 47.3. The fourth-order valence-electron chi connectivity index (χ4n) is 2.88. The van der Waals surface area contributed by atoms with Crippen LogP contribution in [0.25, 0.3) is 0 Å². The van der Waals surface area contributed by atoms with E-state index in [9.17, 15) is 29.6 Å². The molecule has 0 radical (unpaired) electrons. The number of nitro groups is 1. The van der Waals surface area contributed by atoms with Gasteiger partial charge in [0, 0.05) is 28.4 Å². The van der Waals surface area contributed by atoms with E-state index in [1.165, 1.54) is 48.2 Å². The lowest BCUT2D eigenvalue weighted by Gasteiger charge is -2.13. The van der Waals surface area contributed by atoms with Gasteiger partial charge in [0.25, 0.3) is 11.6 Å². The van der Waals surface area contributed by atoms with Gasteiger partial charge in [0.2, 0.25) is 5.91 Å². The largest absolute Gasteiger partial charge is 0.478 e. The molecular formula is C23H19N3O6S. The number of thioether (sulfide) groups is 1. The molecule has 0 spiro atoms. The highest BCUT2D eigenvalue weighted by atomic mass is 32.2. The molecule has 3 aromatic rings. The molecule has 0 bridgehead atoms. The number of anilines is 2. The number of nitrogens with one attached hydrogen (secondary N) is 2. The normalized spacial score (nSPS) is 11.3. The Labute approximate surface area is 193 Å². The van der Waals surface area contributed by atoms with Gasteiger partial charge in [-0.25, -0.2) is 4.79 Å². The summed E-state index contributed by atoms with van der Waals surface area (Å²) in [7, 11) is 0. The Kier molecular flexibility index (Phi) is 7.42. The van der Waals surface area contributed by atoms with Crippen LogP contribution in [0.3, 0.4) is 0 Å². The van der Waals surface area contributed by atoms with Crippen molar-refractivity contribution in [3.05, 3.63) is 94.0 Å². The maximum Gasteiger partial charge on any atom is 0.336 e. The minimum absolute atomic E-state index is 0.0406. The Morgan fingerprint density at radius 2 is 1.58 bits per heavy atom. The second-order valence-corrected chi connectivity index (χ2v) is 8.30. The third-order valence-corrected chi connectivity index (χ3v) is 5.62. The Balaban J connectivity index is 1.64. The standard InChI is InChI=1S/C23H19N3O6S/c1-14(21(27)24-15-9-11-17(12-10-15)26(31)32)33-18-6-4-5-16(13-18)25-22(28)19-7-2-3-8-20(19)23(29)30/h2-14H,1H3,(H,24,27)(H,25,28)(H,29,30). The van der Waals surface area contributed by atoms with Gasteiger partial charge >= 0.3 is 5.97 Å². The molecule has 10 heteroatoms. The van der Waals surface area contributed by atoms with Crippen molar-refractivity contribution in [2.24, 2.45) is 0 Å². The SMILES string of the molecule is CC(Sc1cccc(NC(=O)c2ccccc2C(=O)O)c1)C(=O)Nc1ccc([N+](=O)[O-])cc1. The number of nitro benzene ring substituents is 1. The van der Waals surface area contributed by atoms with Crippen molar-refractivity contribution in [1.82, 2.24) is 0 Å². The summed E-state index contributed by atoms with van der Waals surface area (Å²) in [6.07, 6.45) is 0. The van der Waals surface area contributed by atoms with Crippen LogP contribution in [0.2, 0.25) is 0 Å². The first-order valence-electron chi connectivity index (χ1n) is 9.70. The van der Waals surface area contributed by atoms with Crippen LogP contribution in [0.4, 0.5) is 17.1 Å². The van der Waals surface area contributed by atoms with Crippen molar-refractivity contribution in [2.75, 3.05) is 10.6 Å². The van der Waals surface area contributed by atoms with Crippen LogP contribution in [0.5, 0.6) is 0 Å². The number of rotatable bonds is 8. The molecule has 0 heterocycles. The zero-order valence-corrected chi connectivity index (χ0v) is 18.2. The van der Waals surface area contributed by atoms with E-state index in [4.69, 9.17) is 0 Å².